The Morgan fingerprint density at radius 1 is 1.11 bits per heavy atom. The zero-order valence-corrected chi connectivity index (χ0v) is 16.1. The molecule has 0 saturated heterocycles. The van der Waals surface area contributed by atoms with E-state index in [9.17, 15) is 9.59 Å². The molecule has 2 amide bonds. The van der Waals surface area contributed by atoms with E-state index in [0.29, 0.717) is 0 Å². The van der Waals surface area contributed by atoms with Crippen molar-refractivity contribution in [2.75, 3.05) is 12.4 Å². The number of benzene rings is 1. The molecule has 6 heteroatoms. The standard InChI is InChI=1S/C22H25N3O3/c1-28-21(26)19(13-16-8-2-3-11-23-16)24-22(27)25-20-17-9-4-6-14(17)12-15-7-5-10-18(15)20/h2-3,8,11-12,19H,4-7,9-10,13H2,1H3,(H2,24,25,27). The number of rotatable bonds is 5. The lowest BCUT2D eigenvalue weighted by Gasteiger charge is -2.20. The van der Waals surface area contributed by atoms with Crippen LogP contribution in [0.15, 0.2) is 30.5 Å². The van der Waals surface area contributed by atoms with Gasteiger partial charge in [0.1, 0.15) is 6.04 Å². The highest BCUT2D eigenvalue weighted by atomic mass is 16.5. The zero-order chi connectivity index (χ0) is 19.5. The van der Waals surface area contributed by atoms with Crippen LogP contribution < -0.4 is 10.6 Å². The monoisotopic (exact) mass is 379 g/mol. The zero-order valence-electron chi connectivity index (χ0n) is 16.1. The van der Waals surface area contributed by atoms with Crippen LogP contribution >= 0.6 is 0 Å². The molecule has 0 radical (unpaired) electrons. The number of hydrogen-bond donors (Lipinski definition) is 2. The first kappa shape index (κ1) is 18.5. The first-order chi connectivity index (χ1) is 13.7. The van der Waals surface area contributed by atoms with Gasteiger partial charge in [0.25, 0.3) is 0 Å². The summed E-state index contributed by atoms with van der Waals surface area (Å²) in [6.07, 6.45) is 8.33. The minimum Gasteiger partial charge on any atom is -0.467 e. The van der Waals surface area contributed by atoms with Crippen molar-refractivity contribution in [3.63, 3.8) is 0 Å². The number of pyridine rings is 1. The summed E-state index contributed by atoms with van der Waals surface area (Å²) < 4.78 is 4.87. The van der Waals surface area contributed by atoms with Crippen LogP contribution in [-0.4, -0.2) is 30.1 Å². The molecule has 2 aliphatic rings. The molecule has 0 bridgehead atoms. The van der Waals surface area contributed by atoms with Gasteiger partial charge in [-0.15, -0.1) is 0 Å². The van der Waals surface area contributed by atoms with E-state index < -0.39 is 12.0 Å². The van der Waals surface area contributed by atoms with Gasteiger partial charge in [-0.3, -0.25) is 4.98 Å². The second-order valence-corrected chi connectivity index (χ2v) is 7.43. The summed E-state index contributed by atoms with van der Waals surface area (Å²) in [5, 5.41) is 5.84. The summed E-state index contributed by atoms with van der Waals surface area (Å²) in [6, 6.07) is 6.66. The van der Waals surface area contributed by atoms with Crippen molar-refractivity contribution in [3.05, 3.63) is 58.4 Å². The molecule has 1 aromatic heterocycles. The third-order valence-corrected chi connectivity index (χ3v) is 5.64. The highest BCUT2D eigenvalue weighted by molar-refractivity contribution is 5.94. The third kappa shape index (κ3) is 3.72. The summed E-state index contributed by atoms with van der Waals surface area (Å²) in [5.41, 5.74) is 6.91. The van der Waals surface area contributed by atoms with Gasteiger partial charge in [0.05, 0.1) is 7.11 Å². The number of carbonyl (C=O) groups excluding carboxylic acids is 2. The number of esters is 1. The molecule has 1 heterocycles. The van der Waals surface area contributed by atoms with Crippen molar-refractivity contribution < 1.29 is 14.3 Å². The van der Waals surface area contributed by atoms with Gasteiger partial charge in [0.2, 0.25) is 0 Å². The minimum atomic E-state index is -0.787. The van der Waals surface area contributed by atoms with Gasteiger partial charge in [-0.2, -0.15) is 0 Å². The predicted molar refractivity (Wildman–Crippen MR) is 106 cm³/mol. The molecule has 0 spiro atoms. The third-order valence-electron chi connectivity index (χ3n) is 5.64. The van der Waals surface area contributed by atoms with E-state index in [1.54, 1.807) is 6.20 Å². The molecule has 2 aromatic rings. The van der Waals surface area contributed by atoms with Crippen LogP contribution in [0.3, 0.4) is 0 Å². The average molecular weight is 379 g/mol. The number of fused-ring (bicyclic) bond motifs is 2. The highest BCUT2D eigenvalue weighted by Crippen LogP contribution is 2.38. The molecule has 0 fully saturated rings. The van der Waals surface area contributed by atoms with Crippen LogP contribution in [0.5, 0.6) is 0 Å². The van der Waals surface area contributed by atoms with Crippen molar-refractivity contribution in [2.24, 2.45) is 0 Å². The van der Waals surface area contributed by atoms with Gasteiger partial charge in [-0.1, -0.05) is 12.1 Å². The fourth-order valence-electron chi connectivity index (χ4n) is 4.34. The van der Waals surface area contributed by atoms with Gasteiger partial charge in [0, 0.05) is 24.0 Å². The summed E-state index contributed by atoms with van der Waals surface area (Å²) in [6.45, 7) is 0. The quantitative estimate of drug-likeness (QED) is 0.783. The molecule has 0 aliphatic heterocycles. The first-order valence-electron chi connectivity index (χ1n) is 9.87. The largest absolute Gasteiger partial charge is 0.467 e. The maximum Gasteiger partial charge on any atom is 0.328 e. The molecular formula is C22H25N3O3. The van der Waals surface area contributed by atoms with Crippen LogP contribution in [0.1, 0.15) is 40.8 Å². The average Bonchev–Trinajstić information content (AvgIpc) is 3.36. The van der Waals surface area contributed by atoms with Crippen LogP contribution in [0, 0.1) is 0 Å². The number of amides is 2. The first-order valence-corrected chi connectivity index (χ1v) is 9.87. The minimum absolute atomic E-state index is 0.284. The molecule has 28 heavy (non-hydrogen) atoms. The normalized spacial score (nSPS) is 15.5. The van der Waals surface area contributed by atoms with E-state index in [2.05, 4.69) is 21.7 Å². The van der Waals surface area contributed by atoms with Gasteiger partial charge in [-0.25, -0.2) is 9.59 Å². The van der Waals surface area contributed by atoms with Gasteiger partial charge < -0.3 is 15.4 Å². The lowest BCUT2D eigenvalue weighted by atomic mass is 9.99. The predicted octanol–water partition coefficient (Wildman–Crippen LogP) is 2.96. The number of urea groups is 1. The fraction of sp³-hybridized carbons (Fsp3) is 0.409. The number of nitrogens with zero attached hydrogens (tertiary/aromatic N) is 1. The van der Waals surface area contributed by atoms with E-state index in [0.717, 1.165) is 49.9 Å². The molecule has 2 N–H and O–H groups in total. The smallest absolute Gasteiger partial charge is 0.328 e. The van der Waals surface area contributed by atoms with Crippen LogP contribution in [0.2, 0.25) is 0 Å². The molecule has 2 aliphatic carbocycles. The van der Waals surface area contributed by atoms with Crippen molar-refractivity contribution in [1.29, 1.82) is 0 Å². The number of nitrogens with one attached hydrogen (secondary N) is 2. The maximum atomic E-state index is 12.8. The second-order valence-electron chi connectivity index (χ2n) is 7.43. The Morgan fingerprint density at radius 3 is 2.43 bits per heavy atom. The molecule has 1 unspecified atom stereocenters. The molecular weight excluding hydrogens is 354 g/mol. The molecule has 146 valence electrons. The number of aromatic nitrogens is 1. The molecule has 6 nitrogen and oxygen atoms in total. The van der Waals surface area contributed by atoms with Crippen molar-refractivity contribution in [2.45, 2.75) is 51.0 Å². The van der Waals surface area contributed by atoms with E-state index in [4.69, 9.17) is 4.74 Å². The van der Waals surface area contributed by atoms with Crippen molar-refractivity contribution in [1.82, 2.24) is 10.3 Å². The van der Waals surface area contributed by atoms with Crippen LogP contribution in [-0.2, 0) is 41.6 Å². The van der Waals surface area contributed by atoms with Crippen molar-refractivity contribution >= 4 is 17.7 Å². The van der Waals surface area contributed by atoms with Gasteiger partial charge in [-0.05, 0) is 72.9 Å². The number of carbonyl (C=O) groups is 2. The lowest BCUT2D eigenvalue weighted by Crippen LogP contribution is -2.45. The van der Waals surface area contributed by atoms with Gasteiger partial charge >= 0.3 is 12.0 Å². The summed E-state index contributed by atoms with van der Waals surface area (Å²) in [4.78, 5) is 29.2. The molecule has 1 atom stereocenters. The molecule has 0 saturated carbocycles. The van der Waals surface area contributed by atoms with E-state index in [1.807, 2.05) is 18.2 Å². The Morgan fingerprint density at radius 2 is 1.82 bits per heavy atom. The molecule has 4 rings (SSSR count). The Hall–Kier alpha value is -2.89. The summed E-state index contributed by atoms with van der Waals surface area (Å²) in [5.74, 6) is -0.482. The topological polar surface area (TPSA) is 80.3 Å². The number of methoxy groups -OCH3 is 1. The van der Waals surface area contributed by atoms with Crippen LogP contribution in [0.25, 0.3) is 0 Å². The van der Waals surface area contributed by atoms with Crippen molar-refractivity contribution in [3.8, 4) is 0 Å². The van der Waals surface area contributed by atoms with Crippen LogP contribution in [0.4, 0.5) is 10.5 Å². The Labute approximate surface area is 164 Å². The Bertz CT molecular complexity index is 863. The number of hydrogen-bond acceptors (Lipinski definition) is 4. The van der Waals surface area contributed by atoms with E-state index >= 15 is 0 Å². The number of aryl methyl sites for hydroxylation is 2. The molecule has 1 aromatic carbocycles. The Balaban J connectivity index is 1.52. The highest BCUT2D eigenvalue weighted by Gasteiger charge is 2.27. The second kappa shape index (κ2) is 8.00. The fourth-order valence-corrected chi connectivity index (χ4v) is 4.34. The Kier molecular flexibility index (Phi) is 5.28. The SMILES string of the molecule is COC(=O)C(Cc1ccccn1)NC(=O)Nc1c2c(cc3c1CCC3)CCC2. The van der Waals surface area contributed by atoms with E-state index in [-0.39, 0.29) is 12.5 Å². The maximum absolute atomic E-state index is 12.8. The summed E-state index contributed by atoms with van der Waals surface area (Å²) in [7, 11) is 1.32. The number of ether oxygens (including phenoxy) is 1. The lowest BCUT2D eigenvalue weighted by molar-refractivity contribution is -0.142. The summed E-state index contributed by atoms with van der Waals surface area (Å²) >= 11 is 0. The number of anilines is 1. The van der Waals surface area contributed by atoms with Gasteiger partial charge in [0.15, 0.2) is 0 Å². The van der Waals surface area contributed by atoms with E-state index in [1.165, 1.54) is 29.4 Å².